The molecule has 3 rings (SSSR count). The first-order chi connectivity index (χ1) is 13.9. The largest absolute Gasteiger partial charge is 0.352 e. The van der Waals surface area contributed by atoms with Crippen LogP contribution >= 0.6 is 11.8 Å². The van der Waals surface area contributed by atoms with Crippen LogP contribution in [0, 0.1) is 5.82 Å². The van der Waals surface area contributed by atoms with Gasteiger partial charge in [-0.3, -0.25) is 14.4 Å². The van der Waals surface area contributed by atoms with Gasteiger partial charge in [0, 0.05) is 32.9 Å². The van der Waals surface area contributed by atoms with Gasteiger partial charge in [-0.25, -0.2) is 4.39 Å². The van der Waals surface area contributed by atoms with Crippen LogP contribution in [-0.2, 0) is 31.2 Å². The van der Waals surface area contributed by atoms with Crippen molar-refractivity contribution < 1.29 is 14.0 Å². The second kappa shape index (κ2) is 9.26. The number of rotatable bonds is 6. The van der Waals surface area contributed by atoms with Crippen molar-refractivity contribution in [3.05, 3.63) is 68.9 Å². The number of thioether (sulfide) groups is 1. The fourth-order valence-corrected chi connectivity index (χ4v) is 3.94. The number of fused-ring (bicyclic) bond motifs is 1. The quantitative estimate of drug-likeness (QED) is 0.777. The lowest BCUT2D eigenvalue weighted by Crippen LogP contribution is -2.41. The number of pyridine rings is 1. The lowest BCUT2D eigenvalue weighted by atomic mass is 9.96. The third-order valence-corrected chi connectivity index (χ3v) is 5.56. The predicted octanol–water partition coefficient (Wildman–Crippen LogP) is 1.74. The van der Waals surface area contributed by atoms with Gasteiger partial charge >= 0.3 is 0 Å². The van der Waals surface area contributed by atoms with Crippen LogP contribution in [0.15, 0.2) is 35.3 Å². The van der Waals surface area contributed by atoms with E-state index >= 15 is 0 Å². The maximum Gasteiger partial charge on any atom is 0.263 e. The first-order valence-electron chi connectivity index (χ1n) is 9.41. The molecule has 1 aliphatic rings. The van der Waals surface area contributed by atoms with E-state index in [9.17, 15) is 18.8 Å². The number of amides is 2. The van der Waals surface area contributed by atoms with E-state index in [1.165, 1.54) is 28.5 Å². The van der Waals surface area contributed by atoms with Crippen LogP contribution in [0.3, 0.4) is 0 Å². The van der Waals surface area contributed by atoms with Gasteiger partial charge in [-0.2, -0.15) is 11.8 Å². The first-order valence-corrected chi connectivity index (χ1v) is 10.8. The van der Waals surface area contributed by atoms with Gasteiger partial charge in [0.25, 0.3) is 11.5 Å². The highest BCUT2D eigenvalue weighted by Crippen LogP contribution is 2.21. The number of aryl methyl sites for hydroxylation is 1. The molecule has 29 heavy (non-hydrogen) atoms. The fraction of sp³-hybridized carbons (Fsp3) is 0.381. The number of carbonyl (C=O) groups excluding carboxylic acids is 2. The summed E-state index contributed by atoms with van der Waals surface area (Å²) in [5.41, 5.74) is 2.27. The summed E-state index contributed by atoms with van der Waals surface area (Å²) < 4.78 is 14.4. The van der Waals surface area contributed by atoms with Crippen LogP contribution in [0.2, 0.25) is 0 Å². The van der Waals surface area contributed by atoms with Crippen molar-refractivity contribution in [2.45, 2.75) is 19.4 Å². The highest BCUT2D eigenvalue weighted by atomic mass is 32.2. The minimum atomic E-state index is -0.409. The molecule has 0 unspecified atom stereocenters. The molecule has 0 spiro atoms. The Hall–Kier alpha value is -2.61. The van der Waals surface area contributed by atoms with E-state index in [4.69, 9.17) is 0 Å². The molecule has 0 atom stereocenters. The van der Waals surface area contributed by atoms with Crippen LogP contribution in [0.4, 0.5) is 4.39 Å². The molecule has 0 radical (unpaired) electrons. The Morgan fingerprint density at radius 2 is 1.97 bits per heavy atom. The molecule has 2 heterocycles. The summed E-state index contributed by atoms with van der Waals surface area (Å²) >= 11 is 1.47. The van der Waals surface area contributed by atoms with Gasteiger partial charge in [0.2, 0.25) is 5.91 Å². The topological polar surface area (TPSA) is 71.4 Å². The number of hydrogen-bond donors (Lipinski definition) is 1. The van der Waals surface area contributed by atoms with Gasteiger partial charge in [-0.05, 0) is 47.9 Å². The van der Waals surface area contributed by atoms with E-state index in [2.05, 4.69) is 5.32 Å². The second-order valence-electron chi connectivity index (χ2n) is 7.05. The van der Waals surface area contributed by atoms with Gasteiger partial charge in [0.1, 0.15) is 11.4 Å². The molecule has 8 heteroatoms. The molecule has 1 aromatic heterocycles. The Kier molecular flexibility index (Phi) is 6.74. The third kappa shape index (κ3) is 4.87. The molecule has 0 saturated carbocycles. The van der Waals surface area contributed by atoms with Crippen molar-refractivity contribution in [2.75, 3.05) is 25.1 Å². The summed E-state index contributed by atoms with van der Waals surface area (Å²) in [6.45, 7) is 1.24. The van der Waals surface area contributed by atoms with E-state index in [1.807, 2.05) is 6.26 Å². The molecule has 0 bridgehead atoms. The Labute approximate surface area is 173 Å². The average Bonchev–Trinajstić information content (AvgIpc) is 2.70. The van der Waals surface area contributed by atoms with Gasteiger partial charge in [0.05, 0.1) is 5.75 Å². The van der Waals surface area contributed by atoms with Crippen molar-refractivity contribution in [3.8, 4) is 0 Å². The Morgan fingerprint density at radius 3 is 2.66 bits per heavy atom. The average molecular weight is 418 g/mol. The molecule has 2 aromatic rings. The number of aromatic nitrogens is 1. The minimum Gasteiger partial charge on any atom is -0.352 e. The number of hydrogen-bond acceptors (Lipinski definition) is 4. The van der Waals surface area contributed by atoms with Crippen LogP contribution in [0.25, 0.3) is 0 Å². The zero-order valence-electron chi connectivity index (χ0n) is 16.5. The molecule has 0 fully saturated rings. The van der Waals surface area contributed by atoms with Crippen molar-refractivity contribution >= 4 is 23.6 Å². The molecule has 2 amide bonds. The Balaban J connectivity index is 1.75. The monoisotopic (exact) mass is 417 g/mol. The van der Waals surface area contributed by atoms with Crippen LogP contribution in [-0.4, -0.2) is 46.4 Å². The smallest absolute Gasteiger partial charge is 0.263 e. The summed E-state index contributed by atoms with van der Waals surface area (Å²) in [5, 5.41) is 2.80. The van der Waals surface area contributed by atoms with Crippen LogP contribution < -0.4 is 10.9 Å². The maximum absolute atomic E-state index is 13.0. The molecular formula is C21H24FN3O3S. The third-order valence-electron chi connectivity index (χ3n) is 5.03. The van der Waals surface area contributed by atoms with Gasteiger partial charge < -0.3 is 14.8 Å². The highest BCUT2D eigenvalue weighted by Gasteiger charge is 2.27. The molecule has 0 aliphatic carbocycles. The Bertz CT molecular complexity index is 972. The second-order valence-corrected chi connectivity index (χ2v) is 7.92. The van der Waals surface area contributed by atoms with Crippen molar-refractivity contribution in [2.24, 2.45) is 7.05 Å². The van der Waals surface area contributed by atoms with E-state index < -0.39 is 5.91 Å². The van der Waals surface area contributed by atoms with Crippen molar-refractivity contribution in [1.29, 1.82) is 0 Å². The number of halogens is 1. The van der Waals surface area contributed by atoms with Crippen molar-refractivity contribution in [3.63, 3.8) is 0 Å². The molecular weight excluding hydrogens is 393 g/mol. The SMILES string of the molecule is CSCC(=O)N1CCc2c(cn(C)c(=O)c2C(=O)NCCc2ccc(F)cc2)C1. The summed E-state index contributed by atoms with van der Waals surface area (Å²) in [4.78, 5) is 39.4. The highest BCUT2D eigenvalue weighted by molar-refractivity contribution is 7.99. The van der Waals surface area contributed by atoms with Gasteiger partial charge in [-0.1, -0.05) is 12.1 Å². The molecule has 1 N–H and O–H groups in total. The van der Waals surface area contributed by atoms with Gasteiger partial charge in [-0.15, -0.1) is 0 Å². The van der Waals surface area contributed by atoms with E-state index in [0.29, 0.717) is 38.2 Å². The van der Waals surface area contributed by atoms with Crippen LogP contribution in [0.1, 0.15) is 27.0 Å². The van der Waals surface area contributed by atoms with Crippen LogP contribution in [0.5, 0.6) is 0 Å². The van der Waals surface area contributed by atoms with Gasteiger partial charge in [0.15, 0.2) is 0 Å². The molecule has 1 aromatic carbocycles. The van der Waals surface area contributed by atoms with E-state index in [0.717, 1.165) is 16.7 Å². The molecule has 1 aliphatic heterocycles. The first kappa shape index (κ1) is 21.1. The zero-order valence-corrected chi connectivity index (χ0v) is 17.4. The standard InChI is InChI=1S/C21H24FN3O3S/c1-24-11-15-12-25(18(26)13-29-2)10-8-17(15)19(21(24)28)20(27)23-9-7-14-3-5-16(22)6-4-14/h3-6,11H,7-10,12-13H2,1-2H3,(H,23,27). The summed E-state index contributed by atoms with van der Waals surface area (Å²) in [6, 6.07) is 6.10. The van der Waals surface area contributed by atoms with Crippen molar-refractivity contribution in [1.82, 2.24) is 14.8 Å². The zero-order chi connectivity index (χ0) is 21.0. The lowest BCUT2D eigenvalue weighted by Gasteiger charge is -2.30. The number of nitrogens with zero attached hydrogens (tertiary/aromatic N) is 2. The Morgan fingerprint density at radius 1 is 1.24 bits per heavy atom. The predicted molar refractivity (Wildman–Crippen MR) is 112 cm³/mol. The number of benzene rings is 1. The normalized spacial score (nSPS) is 13.1. The fourth-order valence-electron chi connectivity index (χ4n) is 3.51. The summed E-state index contributed by atoms with van der Waals surface area (Å²) in [7, 11) is 1.61. The van der Waals surface area contributed by atoms with E-state index in [-0.39, 0.29) is 22.8 Å². The summed E-state index contributed by atoms with van der Waals surface area (Å²) in [5.74, 6) is -0.240. The number of carbonyl (C=O) groups is 2. The molecule has 154 valence electrons. The maximum atomic E-state index is 13.0. The van der Waals surface area contributed by atoms with E-state index in [1.54, 1.807) is 30.3 Å². The lowest BCUT2D eigenvalue weighted by molar-refractivity contribution is -0.129. The minimum absolute atomic E-state index is 0.0577. The summed E-state index contributed by atoms with van der Waals surface area (Å²) in [6.07, 6.45) is 4.62. The molecule has 0 saturated heterocycles. The number of nitrogens with one attached hydrogen (secondary N) is 1. The molecule has 6 nitrogen and oxygen atoms in total.